The van der Waals surface area contributed by atoms with Crippen molar-refractivity contribution in [2.75, 3.05) is 0 Å². The highest BCUT2D eigenvalue weighted by molar-refractivity contribution is 7.89. The topological polar surface area (TPSA) is 127 Å². The molecule has 0 spiro atoms. The van der Waals surface area contributed by atoms with Crippen molar-refractivity contribution in [2.45, 2.75) is 17.9 Å². The third kappa shape index (κ3) is 3.34. The zero-order chi connectivity index (χ0) is 14.9. The number of hydrogen-bond donors (Lipinski definition) is 3. The van der Waals surface area contributed by atoms with E-state index < -0.39 is 27.8 Å². The molecule has 1 saturated carbocycles. The largest absolute Gasteiger partial charge is 0.481 e. The van der Waals surface area contributed by atoms with Crippen LogP contribution in [0.4, 0.5) is 0 Å². The monoisotopic (exact) mass is 298 g/mol. The molecule has 0 bridgehead atoms. The van der Waals surface area contributed by atoms with E-state index in [1.54, 1.807) is 12.1 Å². The Labute approximate surface area is 115 Å². The first-order valence-corrected chi connectivity index (χ1v) is 7.46. The van der Waals surface area contributed by atoms with Gasteiger partial charge in [-0.25, -0.2) is 13.6 Å². The summed E-state index contributed by atoms with van der Waals surface area (Å²) in [5.41, 5.74) is 0.707. The van der Waals surface area contributed by atoms with E-state index >= 15 is 0 Å². The average Bonchev–Trinajstić information content (AvgIpc) is 3.15. The van der Waals surface area contributed by atoms with E-state index in [9.17, 15) is 18.0 Å². The molecule has 4 N–H and O–H groups in total. The van der Waals surface area contributed by atoms with Gasteiger partial charge in [0.15, 0.2) is 0 Å². The molecule has 0 aromatic heterocycles. The van der Waals surface area contributed by atoms with Crippen molar-refractivity contribution in [3.8, 4) is 0 Å². The zero-order valence-electron chi connectivity index (χ0n) is 10.4. The van der Waals surface area contributed by atoms with Crippen molar-refractivity contribution in [2.24, 2.45) is 17.0 Å². The van der Waals surface area contributed by atoms with Crippen molar-refractivity contribution < 1.29 is 23.1 Å². The molecule has 1 aromatic rings. The van der Waals surface area contributed by atoms with Gasteiger partial charge in [0, 0.05) is 6.54 Å². The summed E-state index contributed by atoms with van der Waals surface area (Å²) in [6.07, 6.45) is 0.367. The van der Waals surface area contributed by atoms with Gasteiger partial charge in [-0.05, 0) is 24.1 Å². The van der Waals surface area contributed by atoms with E-state index in [4.69, 9.17) is 10.2 Å². The number of benzene rings is 1. The molecular weight excluding hydrogens is 284 g/mol. The van der Waals surface area contributed by atoms with Crippen molar-refractivity contribution in [3.05, 3.63) is 29.8 Å². The number of aliphatic carboxylic acids is 1. The number of carbonyl (C=O) groups is 2. The SMILES string of the molecule is NS(=O)(=O)c1ccc(CNC(=O)C2CC2C(=O)O)cc1. The maximum absolute atomic E-state index is 11.6. The summed E-state index contributed by atoms with van der Waals surface area (Å²) >= 11 is 0. The fourth-order valence-corrected chi connectivity index (χ4v) is 2.39. The Hall–Kier alpha value is -1.93. The molecule has 0 radical (unpaired) electrons. The van der Waals surface area contributed by atoms with Crippen molar-refractivity contribution in [1.29, 1.82) is 0 Å². The number of nitrogens with two attached hydrogens (primary N) is 1. The lowest BCUT2D eigenvalue weighted by molar-refractivity contribution is -0.140. The second kappa shape index (κ2) is 5.22. The van der Waals surface area contributed by atoms with Gasteiger partial charge in [-0.2, -0.15) is 0 Å². The Morgan fingerprint density at radius 1 is 1.25 bits per heavy atom. The van der Waals surface area contributed by atoms with E-state index in [1.807, 2.05) is 0 Å². The first kappa shape index (κ1) is 14.5. The summed E-state index contributed by atoms with van der Waals surface area (Å²) in [5, 5.41) is 16.3. The van der Waals surface area contributed by atoms with Gasteiger partial charge in [-0.3, -0.25) is 9.59 Å². The van der Waals surface area contributed by atoms with Crippen molar-refractivity contribution >= 4 is 21.9 Å². The molecule has 0 aliphatic heterocycles. The Bertz CT molecular complexity index is 638. The summed E-state index contributed by atoms with van der Waals surface area (Å²) in [4.78, 5) is 22.3. The number of carboxylic acids is 1. The van der Waals surface area contributed by atoms with Crippen LogP contribution >= 0.6 is 0 Å². The number of nitrogens with one attached hydrogen (secondary N) is 1. The molecule has 2 rings (SSSR count). The molecule has 1 aliphatic carbocycles. The van der Waals surface area contributed by atoms with Gasteiger partial charge in [-0.15, -0.1) is 0 Å². The number of primary sulfonamides is 1. The number of hydrogen-bond acceptors (Lipinski definition) is 4. The normalized spacial score (nSPS) is 21.2. The summed E-state index contributed by atoms with van der Waals surface area (Å²) < 4.78 is 22.1. The first-order chi connectivity index (χ1) is 9.29. The molecule has 0 saturated heterocycles. The van der Waals surface area contributed by atoms with E-state index in [0.717, 1.165) is 0 Å². The first-order valence-electron chi connectivity index (χ1n) is 5.91. The van der Waals surface area contributed by atoms with E-state index in [1.165, 1.54) is 12.1 Å². The highest BCUT2D eigenvalue weighted by Gasteiger charge is 2.48. The Morgan fingerprint density at radius 3 is 2.30 bits per heavy atom. The molecule has 108 valence electrons. The molecule has 8 heteroatoms. The summed E-state index contributed by atoms with van der Waals surface area (Å²) in [6.45, 7) is 0.215. The Kier molecular flexibility index (Phi) is 3.78. The Morgan fingerprint density at radius 2 is 1.85 bits per heavy atom. The average molecular weight is 298 g/mol. The van der Waals surface area contributed by atoms with Gasteiger partial charge in [0.25, 0.3) is 0 Å². The minimum atomic E-state index is -3.72. The highest BCUT2D eigenvalue weighted by Crippen LogP contribution is 2.38. The van der Waals surface area contributed by atoms with Crippen LogP contribution in [0.1, 0.15) is 12.0 Å². The second-order valence-corrected chi connectivity index (χ2v) is 6.26. The molecule has 2 atom stereocenters. The number of amides is 1. The summed E-state index contributed by atoms with van der Waals surface area (Å²) in [6, 6.07) is 5.80. The van der Waals surface area contributed by atoms with E-state index in [-0.39, 0.29) is 17.3 Å². The quantitative estimate of drug-likeness (QED) is 0.686. The molecule has 7 nitrogen and oxygen atoms in total. The predicted octanol–water partition coefficient (Wildman–Crippen LogP) is -0.329. The molecule has 1 aromatic carbocycles. The number of sulfonamides is 1. The maximum atomic E-state index is 11.6. The summed E-state index contributed by atoms with van der Waals surface area (Å²) in [7, 11) is -3.72. The third-order valence-electron chi connectivity index (χ3n) is 3.16. The second-order valence-electron chi connectivity index (χ2n) is 4.69. The van der Waals surface area contributed by atoms with Gasteiger partial charge in [-0.1, -0.05) is 12.1 Å². The Balaban J connectivity index is 1.89. The number of rotatable bonds is 5. The van der Waals surface area contributed by atoms with Crippen molar-refractivity contribution in [3.63, 3.8) is 0 Å². The lowest BCUT2D eigenvalue weighted by atomic mass is 10.2. The van der Waals surface area contributed by atoms with Gasteiger partial charge < -0.3 is 10.4 Å². The van der Waals surface area contributed by atoms with Gasteiger partial charge >= 0.3 is 5.97 Å². The van der Waals surface area contributed by atoms with Crippen LogP contribution in [0.3, 0.4) is 0 Å². The van der Waals surface area contributed by atoms with Gasteiger partial charge in [0.05, 0.1) is 16.7 Å². The molecule has 1 amide bonds. The number of carboxylic acid groups (broad SMARTS) is 1. The smallest absolute Gasteiger partial charge is 0.307 e. The van der Waals surface area contributed by atoms with Crippen LogP contribution in [0.15, 0.2) is 29.2 Å². The molecule has 0 heterocycles. The van der Waals surface area contributed by atoms with E-state index in [2.05, 4.69) is 5.32 Å². The minimum Gasteiger partial charge on any atom is -0.481 e. The van der Waals surface area contributed by atoms with Gasteiger partial charge in [0.2, 0.25) is 15.9 Å². The fourth-order valence-electron chi connectivity index (χ4n) is 1.87. The van der Waals surface area contributed by atoms with Crippen molar-refractivity contribution in [1.82, 2.24) is 5.32 Å². The van der Waals surface area contributed by atoms with Crippen LogP contribution in [-0.4, -0.2) is 25.4 Å². The fraction of sp³-hybridized carbons (Fsp3) is 0.333. The molecular formula is C12H14N2O5S. The minimum absolute atomic E-state index is 0.000658. The third-order valence-corrected chi connectivity index (χ3v) is 4.09. The van der Waals surface area contributed by atoms with Gasteiger partial charge in [0.1, 0.15) is 0 Å². The lowest BCUT2D eigenvalue weighted by Crippen LogP contribution is -2.25. The molecule has 1 fully saturated rings. The highest BCUT2D eigenvalue weighted by atomic mass is 32.2. The van der Waals surface area contributed by atoms with Crippen LogP contribution in [-0.2, 0) is 26.2 Å². The molecule has 2 unspecified atom stereocenters. The van der Waals surface area contributed by atoms with Crippen LogP contribution in [0, 0.1) is 11.8 Å². The van der Waals surface area contributed by atoms with Crippen LogP contribution in [0.5, 0.6) is 0 Å². The van der Waals surface area contributed by atoms with E-state index in [0.29, 0.717) is 12.0 Å². The predicted molar refractivity (Wildman–Crippen MR) is 68.9 cm³/mol. The summed E-state index contributed by atoms with van der Waals surface area (Å²) in [5.74, 6) is -2.30. The maximum Gasteiger partial charge on any atom is 0.307 e. The van der Waals surface area contributed by atoms with Crippen LogP contribution in [0.25, 0.3) is 0 Å². The zero-order valence-corrected chi connectivity index (χ0v) is 11.3. The standard InChI is InChI=1S/C12H14N2O5S/c13-20(18,19)8-3-1-7(2-4-8)6-14-11(15)9-5-10(9)12(16)17/h1-4,9-10H,5-6H2,(H,14,15)(H,16,17)(H2,13,18,19). The van der Waals surface area contributed by atoms with Crippen LogP contribution in [0.2, 0.25) is 0 Å². The molecule has 1 aliphatic rings. The van der Waals surface area contributed by atoms with Crippen LogP contribution < -0.4 is 10.5 Å². The lowest BCUT2D eigenvalue weighted by Gasteiger charge is -2.05. The number of carbonyl (C=O) groups excluding carboxylic acids is 1. The molecule has 20 heavy (non-hydrogen) atoms.